The van der Waals surface area contributed by atoms with Crippen molar-refractivity contribution in [2.45, 2.75) is 20.3 Å². The average Bonchev–Trinajstić information content (AvgIpc) is 3.03. The van der Waals surface area contributed by atoms with Crippen LogP contribution in [0.1, 0.15) is 18.4 Å². The second kappa shape index (κ2) is 7.87. The third kappa shape index (κ3) is 3.61. The Balaban J connectivity index is 1.84. The van der Waals surface area contributed by atoms with Crippen LogP contribution in [0.2, 0.25) is 0 Å². The Morgan fingerprint density at radius 3 is 2.50 bits per heavy atom. The van der Waals surface area contributed by atoms with Crippen LogP contribution in [0.25, 0.3) is 11.5 Å². The predicted octanol–water partition coefficient (Wildman–Crippen LogP) is 4.25. The van der Waals surface area contributed by atoms with E-state index in [9.17, 15) is 4.79 Å². The maximum Gasteiger partial charge on any atom is 0.233 e. The van der Waals surface area contributed by atoms with Crippen molar-refractivity contribution in [2.75, 3.05) is 18.6 Å². The van der Waals surface area contributed by atoms with Gasteiger partial charge in [-0.25, -0.2) is 4.98 Å². The van der Waals surface area contributed by atoms with Crippen molar-refractivity contribution in [3.8, 4) is 17.2 Å². The number of aromatic nitrogens is 1. The van der Waals surface area contributed by atoms with Gasteiger partial charge in [-0.3, -0.25) is 4.79 Å². The molecule has 0 bridgehead atoms. The highest BCUT2D eigenvalue weighted by Crippen LogP contribution is 2.30. The van der Waals surface area contributed by atoms with Gasteiger partial charge in [-0.1, -0.05) is 30.3 Å². The van der Waals surface area contributed by atoms with E-state index in [2.05, 4.69) is 4.98 Å². The molecule has 0 N–H and O–H groups in total. The van der Waals surface area contributed by atoms with Crippen LogP contribution in [0.4, 0.5) is 5.69 Å². The van der Waals surface area contributed by atoms with Crippen molar-refractivity contribution in [1.29, 1.82) is 0 Å². The summed E-state index contributed by atoms with van der Waals surface area (Å²) in [5.74, 6) is 1.78. The number of para-hydroxylation sites is 2. The number of anilines is 1. The zero-order chi connectivity index (χ0) is 18.5. The number of hydrogen-bond donors (Lipinski definition) is 0. The van der Waals surface area contributed by atoms with Crippen LogP contribution in [-0.2, 0) is 11.2 Å². The molecule has 0 fully saturated rings. The molecule has 0 radical (unpaired) electrons. The monoisotopic (exact) mass is 350 g/mol. The lowest BCUT2D eigenvalue weighted by atomic mass is 10.2. The summed E-state index contributed by atoms with van der Waals surface area (Å²) in [5, 5.41) is 0. The number of nitrogens with zero attached hydrogens (tertiary/aromatic N) is 2. The van der Waals surface area contributed by atoms with E-state index in [1.807, 2.05) is 68.4 Å². The van der Waals surface area contributed by atoms with E-state index in [4.69, 9.17) is 9.15 Å². The van der Waals surface area contributed by atoms with Crippen molar-refractivity contribution < 1.29 is 13.9 Å². The van der Waals surface area contributed by atoms with Gasteiger partial charge in [0.2, 0.25) is 11.8 Å². The number of oxazole rings is 1. The maximum atomic E-state index is 12.8. The fraction of sp³-hybridized carbons (Fsp3) is 0.238. The summed E-state index contributed by atoms with van der Waals surface area (Å²) >= 11 is 0. The molecule has 1 amide bonds. The van der Waals surface area contributed by atoms with E-state index in [-0.39, 0.29) is 12.3 Å². The number of carbonyl (C=O) groups is 1. The van der Waals surface area contributed by atoms with Crippen LogP contribution >= 0.6 is 0 Å². The molecular formula is C21H22N2O3. The van der Waals surface area contributed by atoms with Gasteiger partial charge in [-0.15, -0.1) is 0 Å². The lowest BCUT2D eigenvalue weighted by Gasteiger charge is -2.20. The summed E-state index contributed by atoms with van der Waals surface area (Å²) < 4.78 is 11.2. The predicted molar refractivity (Wildman–Crippen MR) is 101 cm³/mol. The van der Waals surface area contributed by atoms with Crippen molar-refractivity contribution >= 4 is 11.6 Å². The topological polar surface area (TPSA) is 55.6 Å². The van der Waals surface area contributed by atoms with Gasteiger partial charge >= 0.3 is 0 Å². The molecule has 0 aliphatic carbocycles. The minimum Gasteiger partial charge on any atom is -0.496 e. The molecule has 2 aromatic carbocycles. The molecule has 3 aromatic rings. The first-order chi connectivity index (χ1) is 12.6. The summed E-state index contributed by atoms with van der Waals surface area (Å²) in [7, 11) is 1.61. The Morgan fingerprint density at radius 2 is 1.81 bits per heavy atom. The maximum absolute atomic E-state index is 12.8. The van der Waals surface area contributed by atoms with Gasteiger partial charge in [0.1, 0.15) is 11.5 Å². The second-order valence-corrected chi connectivity index (χ2v) is 5.87. The van der Waals surface area contributed by atoms with Crippen molar-refractivity contribution in [3.63, 3.8) is 0 Å². The minimum atomic E-state index is -0.0123. The smallest absolute Gasteiger partial charge is 0.233 e. The summed E-state index contributed by atoms with van der Waals surface area (Å²) in [6, 6.07) is 17.2. The number of amides is 1. The summed E-state index contributed by atoms with van der Waals surface area (Å²) in [5.41, 5.74) is 2.29. The van der Waals surface area contributed by atoms with Gasteiger partial charge in [0.25, 0.3) is 0 Å². The SMILES string of the molecule is CCN(C(=O)Cc1nc(-c2ccccc2OC)oc1C)c1ccccc1. The first kappa shape index (κ1) is 17.7. The van der Waals surface area contributed by atoms with Gasteiger partial charge in [0.05, 0.1) is 24.8 Å². The third-order valence-corrected chi connectivity index (χ3v) is 4.23. The zero-order valence-electron chi connectivity index (χ0n) is 15.2. The summed E-state index contributed by atoms with van der Waals surface area (Å²) in [4.78, 5) is 19.1. The van der Waals surface area contributed by atoms with E-state index in [0.29, 0.717) is 29.6 Å². The molecule has 1 heterocycles. The van der Waals surface area contributed by atoms with Crippen LogP contribution < -0.4 is 9.64 Å². The highest BCUT2D eigenvalue weighted by atomic mass is 16.5. The zero-order valence-corrected chi connectivity index (χ0v) is 15.2. The van der Waals surface area contributed by atoms with E-state index >= 15 is 0 Å². The number of methoxy groups -OCH3 is 1. The highest BCUT2D eigenvalue weighted by molar-refractivity contribution is 5.94. The van der Waals surface area contributed by atoms with Crippen LogP contribution in [0.15, 0.2) is 59.0 Å². The molecular weight excluding hydrogens is 328 g/mol. The normalized spacial score (nSPS) is 10.6. The minimum absolute atomic E-state index is 0.0123. The summed E-state index contributed by atoms with van der Waals surface area (Å²) in [6.45, 7) is 4.38. The second-order valence-electron chi connectivity index (χ2n) is 5.87. The largest absolute Gasteiger partial charge is 0.496 e. The molecule has 0 atom stereocenters. The molecule has 0 saturated heterocycles. The number of benzene rings is 2. The van der Waals surface area contributed by atoms with Gasteiger partial charge in [0, 0.05) is 12.2 Å². The first-order valence-corrected chi connectivity index (χ1v) is 8.59. The Labute approximate surface area is 153 Å². The standard InChI is InChI=1S/C21H22N2O3/c1-4-23(16-10-6-5-7-11-16)20(24)14-18-15(2)26-21(22-18)17-12-8-9-13-19(17)25-3/h5-13H,4,14H2,1-3H3. The van der Waals surface area contributed by atoms with Crippen LogP contribution in [0.5, 0.6) is 5.75 Å². The van der Waals surface area contributed by atoms with E-state index < -0.39 is 0 Å². The number of carbonyl (C=O) groups excluding carboxylic acids is 1. The fourth-order valence-corrected chi connectivity index (χ4v) is 2.88. The van der Waals surface area contributed by atoms with Crippen LogP contribution in [0, 0.1) is 6.92 Å². The van der Waals surface area contributed by atoms with Crippen molar-refractivity contribution in [2.24, 2.45) is 0 Å². The number of likely N-dealkylation sites (N-methyl/N-ethyl adjacent to an activating group) is 1. The molecule has 26 heavy (non-hydrogen) atoms. The number of hydrogen-bond acceptors (Lipinski definition) is 4. The van der Waals surface area contributed by atoms with Gasteiger partial charge in [0.15, 0.2) is 0 Å². The molecule has 5 heteroatoms. The van der Waals surface area contributed by atoms with Crippen molar-refractivity contribution in [3.05, 3.63) is 66.1 Å². The molecule has 0 spiro atoms. The van der Waals surface area contributed by atoms with Gasteiger partial charge in [-0.2, -0.15) is 0 Å². The number of ether oxygens (including phenoxy) is 1. The molecule has 0 aliphatic heterocycles. The molecule has 0 saturated carbocycles. The Hall–Kier alpha value is -3.08. The lowest BCUT2D eigenvalue weighted by molar-refractivity contribution is -0.118. The molecule has 0 aliphatic rings. The number of rotatable bonds is 6. The molecule has 3 rings (SSSR count). The molecule has 5 nitrogen and oxygen atoms in total. The van der Waals surface area contributed by atoms with E-state index in [1.54, 1.807) is 12.0 Å². The Kier molecular flexibility index (Phi) is 5.37. The summed E-state index contributed by atoms with van der Waals surface area (Å²) in [6.07, 6.45) is 0.188. The molecule has 0 unspecified atom stereocenters. The van der Waals surface area contributed by atoms with E-state index in [0.717, 1.165) is 11.3 Å². The first-order valence-electron chi connectivity index (χ1n) is 8.59. The van der Waals surface area contributed by atoms with Crippen LogP contribution in [0.3, 0.4) is 0 Å². The van der Waals surface area contributed by atoms with Gasteiger partial charge < -0.3 is 14.1 Å². The fourth-order valence-electron chi connectivity index (χ4n) is 2.88. The van der Waals surface area contributed by atoms with Gasteiger partial charge in [-0.05, 0) is 38.1 Å². The quantitative estimate of drug-likeness (QED) is 0.667. The Morgan fingerprint density at radius 1 is 1.12 bits per heavy atom. The number of aryl methyl sites for hydroxylation is 1. The third-order valence-electron chi connectivity index (χ3n) is 4.23. The van der Waals surface area contributed by atoms with Crippen LogP contribution in [-0.4, -0.2) is 24.5 Å². The molecule has 1 aromatic heterocycles. The van der Waals surface area contributed by atoms with E-state index in [1.165, 1.54) is 0 Å². The lowest BCUT2D eigenvalue weighted by Crippen LogP contribution is -2.32. The Bertz CT molecular complexity index is 887. The van der Waals surface area contributed by atoms with Crippen molar-refractivity contribution in [1.82, 2.24) is 4.98 Å². The average molecular weight is 350 g/mol. The highest BCUT2D eigenvalue weighted by Gasteiger charge is 2.20. The molecule has 134 valence electrons.